The van der Waals surface area contributed by atoms with Gasteiger partial charge in [0.1, 0.15) is 0 Å². The molecule has 0 amide bonds. The van der Waals surface area contributed by atoms with Crippen molar-refractivity contribution in [2.45, 2.75) is 25.7 Å². The van der Waals surface area contributed by atoms with Crippen LogP contribution in [0, 0.1) is 0 Å². The third-order valence-corrected chi connectivity index (χ3v) is 1.03. The second kappa shape index (κ2) is 8.67. The van der Waals surface area contributed by atoms with Gasteiger partial charge in [0.15, 0.2) is 0 Å². The number of carboxylic acid groups (broad SMARTS) is 2. The van der Waals surface area contributed by atoms with Crippen LogP contribution in [0.2, 0.25) is 0 Å². The van der Waals surface area contributed by atoms with Crippen LogP contribution in [0.25, 0.3) is 0 Å². The summed E-state index contributed by atoms with van der Waals surface area (Å²) >= 11 is 0. The quantitative estimate of drug-likeness (QED) is 0.378. The molecule has 0 spiro atoms. The smallest absolute Gasteiger partial charge is 1.00 e. The molecule has 0 heterocycles. The Kier molecular flexibility index (Phi) is 11.1. The van der Waals surface area contributed by atoms with Crippen molar-refractivity contribution in [1.29, 1.82) is 0 Å². The normalized spacial score (nSPS) is 8.36. The number of carboxylic acids is 2. The summed E-state index contributed by atoms with van der Waals surface area (Å²) in [5.74, 6) is -1.74. The van der Waals surface area contributed by atoms with Gasteiger partial charge >= 0.3 is 63.3 Å². The van der Waals surface area contributed by atoms with Gasteiger partial charge in [0.25, 0.3) is 0 Å². The Morgan fingerprint density at radius 2 is 1.27 bits per heavy atom. The van der Waals surface area contributed by atoms with E-state index in [4.69, 9.17) is 10.2 Å². The van der Waals surface area contributed by atoms with Crippen LogP contribution in [-0.4, -0.2) is 22.2 Å². The maximum Gasteiger partial charge on any atom is 1.00 e. The molecule has 0 aliphatic carbocycles. The van der Waals surface area contributed by atoms with E-state index in [0.717, 1.165) is 0 Å². The van der Waals surface area contributed by atoms with Crippen molar-refractivity contribution in [3.05, 3.63) is 0 Å². The number of rotatable bonds is 5. The van der Waals surface area contributed by atoms with E-state index < -0.39 is 11.9 Å². The third-order valence-electron chi connectivity index (χ3n) is 1.03. The van der Waals surface area contributed by atoms with Crippen LogP contribution in [0.3, 0.4) is 0 Å². The van der Waals surface area contributed by atoms with E-state index in [1.165, 1.54) is 0 Å². The first-order valence-electron chi connectivity index (χ1n) is 3.06. The zero-order valence-corrected chi connectivity index (χ0v) is 9.66. The Labute approximate surface area is 109 Å². The van der Waals surface area contributed by atoms with Gasteiger partial charge in [-0.25, -0.2) is 0 Å². The largest absolute Gasteiger partial charge is 1.00 e. The first kappa shape index (κ1) is 14.1. The molecule has 0 rings (SSSR count). The average molecular weight is 186 g/mol. The molecule has 0 aromatic heterocycles. The van der Waals surface area contributed by atoms with Crippen LogP contribution in [-0.2, 0) is 9.59 Å². The molecule has 0 radical (unpaired) electrons. The molecule has 4 nitrogen and oxygen atoms in total. The number of carbonyl (C=O) groups is 2. The van der Waals surface area contributed by atoms with E-state index in [0.29, 0.717) is 12.8 Å². The van der Waals surface area contributed by atoms with Crippen LogP contribution in [0.5, 0.6) is 0 Å². The molecule has 0 aromatic rings. The summed E-state index contributed by atoms with van der Waals surface area (Å²) in [6.07, 6.45) is 1.02. The second-order valence-electron chi connectivity index (χ2n) is 1.99. The minimum atomic E-state index is -0.870. The fourth-order valence-corrected chi connectivity index (χ4v) is 0.552. The van der Waals surface area contributed by atoms with Gasteiger partial charge in [0, 0.05) is 12.8 Å². The zero-order valence-electron chi connectivity index (χ0n) is 7.54. The fourth-order valence-electron chi connectivity index (χ4n) is 0.552. The molecular formula is C6H11KO4. The van der Waals surface area contributed by atoms with Gasteiger partial charge in [-0.2, -0.15) is 0 Å². The molecule has 0 aliphatic heterocycles. The maximum absolute atomic E-state index is 9.90. The summed E-state index contributed by atoms with van der Waals surface area (Å²) in [5, 5.41) is 16.3. The number of unbranched alkanes of at least 4 members (excludes halogenated alkanes) is 1. The standard InChI is InChI=1S/C6H10O4.K.H/c7-5(8)3-1-2-4-6(9)10;;/h1-4H2,(H,7,8)(H,9,10);;/q;+1;-1. The molecule has 60 valence electrons. The fraction of sp³-hybridized carbons (Fsp3) is 0.667. The van der Waals surface area contributed by atoms with E-state index in [1.54, 1.807) is 0 Å². The Bertz CT molecular complexity index is 124. The van der Waals surface area contributed by atoms with Crippen LogP contribution in [0.15, 0.2) is 0 Å². The number of hydrogen-bond donors (Lipinski definition) is 2. The Hall–Kier alpha value is 0.576. The molecule has 0 unspecified atom stereocenters. The maximum atomic E-state index is 9.90. The Balaban J connectivity index is -0.000000405. The first-order valence-corrected chi connectivity index (χ1v) is 3.06. The predicted molar refractivity (Wildman–Crippen MR) is 34.9 cm³/mol. The molecule has 0 fully saturated rings. The SMILES string of the molecule is O=C(O)CCCCC(=O)O.[H-].[K+]. The minimum absolute atomic E-state index is 0. The average Bonchev–Trinajstić information content (AvgIpc) is 1.79. The molecule has 0 saturated carbocycles. The van der Waals surface area contributed by atoms with Gasteiger partial charge < -0.3 is 11.6 Å². The molecule has 11 heavy (non-hydrogen) atoms. The van der Waals surface area contributed by atoms with Gasteiger partial charge in [0.05, 0.1) is 0 Å². The minimum Gasteiger partial charge on any atom is -1.00 e. The van der Waals surface area contributed by atoms with Crippen molar-refractivity contribution in [2.75, 3.05) is 0 Å². The predicted octanol–water partition coefficient (Wildman–Crippen LogP) is -2.17. The summed E-state index contributed by atoms with van der Waals surface area (Å²) in [5.41, 5.74) is 0. The number of aliphatic carboxylic acids is 2. The van der Waals surface area contributed by atoms with Gasteiger partial charge in [-0.15, -0.1) is 0 Å². The Morgan fingerprint density at radius 3 is 1.45 bits per heavy atom. The van der Waals surface area contributed by atoms with Crippen LogP contribution in [0.1, 0.15) is 27.1 Å². The van der Waals surface area contributed by atoms with E-state index in [2.05, 4.69) is 0 Å². The molecule has 0 saturated heterocycles. The topological polar surface area (TPSA) is 74.6 Å². The molecule has 0 aromatic carbocycles. The van der Waals surface area contributed by atoms with Crippen molar-refractivity contribution >= 4 is 11.9 Å². The number of hydrogen-bond acceptors (Lipinski definition) is 2. The van der Waals surface area contributed by atoms with E-state index >= 15 is 0 Å². The second-order valence-corrected chi connectivity index (χ2v) is 1.99. The van der Waals surface area contributed by atoms with Crippen molar-refractivity contribution in [2.24, 2.45) is 0 Å². The Morgan fingerprint density at radius 1 is 1.00 bits per heavy atom. The van der Waals surface area contributed by atoms with E-state index in [9.17, 15) is 9.59 Å². The monoisotopic (exact) mass is 186 g/mol. The molecule has 0 atom stereocenters. The summed E-state index contributed by atoms with van der Waals surface area (Å²) in [6.45, 7) is 0. The van der Waals surface area contributed by atoms with E-state index in [1.807, 2.05) is 0 Å². The van der Waals surface area contributed by atoms with Gasteiger partial charge in [-0.05, 0) is 12.8 Å². The van der Waals surface area contributed by atoms with Gasteiger partial charge in [-0.3, -0.25) is 9.59 Å². The zero-order chi connectivity index (χ0) is 7.98. The van der Waals surface area contributed by atoms with Crippen molar-refractivity contribution in [3.8, 4) is 0 Å². The summed E-state index contributed by atoms with van der Waals surface area (Å²) in [6, 6.07) is 0. The summed E-state index contributed by atoms with van der Waals surface area (Å²) < 4.78 is 0. The van der Waals surface area contributed by atoms with Gasteiger partial charge in [0.2, 0.25) is 0 Å². The van der Waals surface area contributed by atoms with Crippen LogP contribution < -0.4 is 51.4 Å². The molecule has 2 N–H and O–H groups in total. The van der Waals surface area contributed by atoms with Crippen LogP contribution >= 0.6 is 0 Å². The first-order chi connectivity index (χ1) is 4.63. The summed E-state index contributed by atoms with van der Waals surface area (Å²) in [7, 11) is 0. The van der Waals surface area contributed by atoms with Crippen LogP contribution in [0.4, 0.5) is 0 Å². The van der Waals surface area contributed by atoms with Crippen molar-refractivity contribution in [1.82, 2.24) is 0 Å². The molecule has 0 aliphatic rings. The van der Waals surface area contributed by atoms with Crippen molar-refractivity contribution < 1.29 is 72.6 Å². The van der Waals surface area contributed by atoms with Gasteiger partial charge in [-0.1, -0.05) is 0 Å². The molecule has 0 bridgehead atoms. The van der Waals surface area contributed by atoms with E-state index in [-0.39, 0.29) is 65.7 Å². The summed E-state index contributed by atoms with van der Waals surface area (Å²) in [4.78, 5) is 19.8. The third kappa shape index (κ3) is 13.6. The van der Waals surface area contributed by atoms with Crippen molar-refractivity contribution in [3.63, 3.8) is 0 Å². The molecular weight excluding hydrogens is 175 g/mol. The molecule has 5 heteroatoms.